The molecule has 0 saturated heterocycles. The van der Waals surface area contributed by atoms with Crippen molar-refractivity contribution in [2.75, 3.05) is 13.2 Å². The third kappa shape index (κ3) is 3.25. The van der Waals surface area contributed by atoms with Gasteiger partial charge in [-0.05, 0) is 31.2 Å². The molecule has 2 aromatic rings. The highest BCUT2D eigenvalue weighted by atomic mass is 35.5. The van der Waals surface area contributed by atoms with Gasteiger partial charge in [-0.15, -0.1) is 0 Å². The SMILES string of the molecule is CC(=O)c1ccccc1OCCN1C(=O)c2cc(Cl)c(Cl)cc2C1=O. The minimum absolute atomic E-state index is 0.0494. The summed E-state index contributed by atoms with van der Waals surface area (Å²) in [5.41, 5.74) is 0.899. The maximum atomic E-state index is 12.4. The van der Waals surface area contributed by atoms with E-state index in [1.54, 1.807) is 24.3 Å². The van der Waals surface area contributed by atoms with Crippen molar-refractivity contribution in [1.82, 2.24) is 4.90 Å². The molecule has 1 aliphatic rings. The average molecular weight is 378 g/mol. The molecule has 2 aromatic carbocycles. The highest BCUT2D eigenvalue weighted by molar-refractivity contribution is 6.43. The first-order valence-electron chi connectivity index (χ1n) is 7.48. The lowest BCUT2D eigenvalue weighted by Gasteiger charge is -2.15. The predicted molar refractivity (Wildman–Crippen MR) is 93.8 cm³/mol. The van der Waals surface area contributed by atoms with E-state index in [-0.39, 0.29) is 40.1 Å². The fraction of sp³-hybridized carbons (Fsp3) is 0.167. The van der Waals surface area contributed by atoms with Gasteiger partial charge in [-0.2, -0.15) is 0 Å². The third-order valence-corrected chi connectivity index (χ3v) is 4.57. The molecule has 1 heterocycles. The molecule has 2 amide bonds. The van der Waals surface area contributed by atoms with E-state index in [0.717, 1.165) is 4.90 Å². The Bertz CT molecular complexity index is 854. The summed E-state index contributed by atoms with van der Waals surface area (Å²) in [6, 6.07) is 9.59. The van der Waals surface area contributed by atoms with Gasteiger partial charge in [0.1, 0.15) is 12.4 Å². The Hall–Kier alpha value is -2.37. The quantitative estimate of drug-likeness (QED) is 0.585. The van der Waals surface area contributed by atoms with Crippen molar-refractivity contribution in [3.05, 3.63) is 63.1 Å². The number of benzene rings is 2. The standard InChI is InChI=1S/C18H13Cl2NO4/c1-10(22)11-4-2-3-5-16(11)25-7-6-21-17(23)12-8-14(19)15(20)9-13(12)18(21)24/h2-5,8-9H,6-7H2,1H3. The number of Topliss-reactive ketones (excluding diaryl/α,β-unsaturated/α-hetero) is 1. The first-order valence-corrected chi connectivity index (χ1v) is 8.23. The van der Waals surface area contributed by atoms with Crippen LogP contribution in [0.5, 0.6) is 5.75 Å². The summed E-state index contributed by atoms with van der Waals surface area (Å²) in [4.78, 5) is 37.4. The van der Waals surface area contributed by atoms with Crippen LogP contribution >= 0.6 is 23.2 Å². The normalized spacial score (nSPS) is 13.2. The van der Waals surface area contributed by atoms with Crippen molar-refractivity contribution in [1.29, 1.82) is 0 Å². The van der Waals surface area contributed by atoms with Gasteiger partial charge in [0.05, 0.1) is 33.3 Å². The number of fused-ring (bicyclic) bond motifs is 1. The summed E-state index contributed by atoms with van der Waals surface area (Å²) in [6.07, 6.45) is 0. The lowest BCUT2D eigenvalue weighted by Crippen LogP contribution is -2.33. The van der Waals surface area contributed by atoms with Crippen molar-refractivity contribution >= 4 is 40.8 Å². The summed E-state index contributed by atoms with van der Waals surface area (Å²) >= 11 is 11.8. The zero-order valence-corrected chi connectivity index (χ0v) is 14.7. The molecule has 3 rings (SSSR count). The Morgan fingerprint density at radius 3 is 2.16 bits per heavy atom. The third-order valence-electron chi connectivity index (χ3n) is 3.85. The number of para-hydroxylation sites is 1. The first-order chi connectivity index (χ1) is 11.9. The summed E-state index contributed by atoms with van der Waals surface area (Å²) < 4.78 is 5.58. The van der Waals surface area contributed by atoms with Gasteiger partial charge in [-0.1, -0.05) is 35.3 Å². The molecule has 0 saturated carbocycles. The van der Waals surface area contributed by atoms with Crippen LogP contribution in [0, 0.1) is 0 Å². The number of hydrogen-bond acceptors (Lipinski definition) is 4. The average Bonchev–Trinajstić information content (AvgIpc) is 2.80. The number of ketones is 1. The van der Waals surface area contributed by atoms with Crippen LogP contribution in [-0.2, 0) is 0 Å². The smallest absolute Gasteiger partial charge is 0.261 e. The fourth-order valence-corrected chi connectivity index (χ4v) is 2.94. The molecule has 0 atom stereocenters. The van der Waals surface area contributed by atoms with Gasteiger partial charge in [-0.25, -0.2) is 0 Å². The van der Waals surface area contributed by atoms with Crippen molar-refractivity contribution in [2.45, 2.75) is 6.92 Å². The monoisotopic (exact) mass is 377 g/mol. The summed E-state index contributed by atoms with van der Waals surface area (Å²) in [6.45, 7) is 1.56. The van der Waals surface area contributed by atoms with Crippen molar-refractivity contribution < 1.29 is 19.1 Å². The van der Waals surface area contributed by atoms with Gasteiger partial charge in [0.2, 0.25) is 0 Å². The summed E-state index contributed by atoms with van der Waals surface area (Å²) in [7, 11) is 0. The van der Waals surface area contributed by atoms with E-state index in [1.807, 2.05) is 0 Å². The van der Waals surface area contributed by atoms with Crippen LogP contribution < -0.4 is 4.74 Å². The molecule has 5 nitrogen and oxygen atoms in total. The van der Waals surface area contributed by atoms with E-state index < -0.39 is 11.8 Å². The Kier molecular flexibility index (Phi) is 4.79. The van der Waals surface area contributed by atoms with Gasteiger partial charge in [0.15, 0.2) is 5.78 Å². The predicted octanol–water partition coefficient (Wildman–Crippen LogP) is 3.87. The molecule has 0 aliphatic carbocycles. The highest BCUT2D eigenvalue weighted by Gasteiger charge is 2.36. The van der Waals surface area contributed by atoms with Gasteiger partial charge in [0, 0.05) is 0 Å². The zero-order chi connectivity index (χ0) is 18.1. The molecule has 0 spiro atoms. The topological polar surface area (TPSA) is 63.7 Å². The van der Waals surface area contributed by atoms with Crippen LogP contribution in [0.1, 0.15) is 38.0 Å². The van der Waals surface area contributed by atoms with Crippen molar-refractivity contribution in [3.8, 4) is 5.75 Å². The molecule has 0 aromatic heterocycles. The fourth-order valence-electron chi connectivity index (χ4n) is 2.62. The Balaban J connectivity index is 1.72. The molecule has 25 heavy (non-hydrogen) atoms. The Morgan fingerprint density at radius 1 is 1.04 bits per heavy atom. The second-order valence-electron chi connectivity index (χ2n) is 5.47. The van der Waals surface area contributed by atoms with Crippen LogP contribution in [0.3, 0.4) is 0 Å². The van der Waals surface area contributed by atoms with Gasteiger partial charge < -0.3 is 4.74 Å². The lowest BCUT2D eigenvalue weighted by atomic mass is 10.1. The van der Waals surface area contributed by atoms with Gasteiger partial charge in [0.25, 0.3) is 11.8 Å². The molecule has 0 bridgehead atoms. The number of rotatable bonds is 5. The second kappa shape index (κ2) is 6.86. The van der Waals surface area contributed by atoms with Gasteiger partial charge >= 0.3 is 0 Å². The minimum atomic E-state index is -0.443. The highest BCUT2D eigenvalue weighted by Crippen LogP contribution is 2.31. The largest absolute Gasteiger partial charge is 0.491 e. The summed E-state index contributed by atoms with van der Waals surface area (Å²) in [5.74, 6) is -0.595. The maximum absolute atomic E-state index is 12.4. The van der Waals surface area contributed by atoms with E-state index in [0.29, 0.717) is 11.3 Å². The van der Waals surface area contributed by atoms with E-state index in [2.05, 4.69) is 0 Å². The number of halogens is 2. The van der Waals surface area contributed by atoms with Crippen LogP contribution in [0.25, 0.3) is 0 Å². The maximum Gasteiger partial charge on any atom is 0.261 e. The Labute approximate surface area is 154 Å². The van der Waals surface area contributed by atoms with Crippen LogP contribution in [0.15, 0.2) is 36.4 Å². The molecule has 7 heteroatoms. The number of imide groups is 1. The van der Waals surface area contributed by atoms with Crippen LogP contribution in [-0.4, -0.2) is 35.6 Å². The number of ether oxygens (including phenoxy) is 1. The summed E-state index contributed by atoms with van der Waals surface area (Å²) in [5, 5.41) is 0.435. The molecule has 128 valence electrons. The van der Waals surface area contributed by atoms with E-state index in [4.69, 9.17) is 27.9 Å². The van der Waals surface area contributed by atoms with Gasteiger partial charge in [-0.3, -0.25) is 19.3 Å². The molecule has 1 aliphatic heterocycles. The van der Waals surface area contributed by atoms with E-state index in [9.17, 15) is 14.4 Å². The molecular weight excluding hydrogens is 365 g/mol. The number of amides is 2. The first kappa shape index (κ1) is 17.5. The minimum Gasteiger partial charge on any atom is -0.491 e. The zero-order valence-electron chi connectivity index (χ0n) is 13.2. The molecule has 0 radical (unpaired) electrons. The van der Waals surface area contributed by atoms with E-state index >= 15 is 0 Å². The van der Waals surface area contributed by atoms with Crippen molar-refractivity contribution in [2.24, 2.45) is 0 Å². The lowest BCUT2D eigenvalue weighted by molar-refractivity contribution is 0.0630. The Morgan fingerprint density at radius 2 is 1.60 bits per heavy atom. The number of nitrogens with zero attached hydrogens (tertiary/aromatic N) is 1. The van der Waals surface area contributed by atoms with Crippen molar-refractivity contribution in [3.63, 3.8) is 0 Å². The molecule has 0 fully saturated rings. The molecule has 0 N–H and O–H groups in total. The second-order valence-corrected chi connectivity index (χ2v) is 6.29. The number of carbonyl (C=O) groups excluding carboxylic acids is 3. The number of hydrogen-bond donors (Lipinski definition) is 0. The van der Waals surface area contributed by atoms with E-state index in [1.165, 1.54) is 19.1 Å². The number of carbonyl (C=O) groups is 3. The molecular formula is C18H13Cl2NO4. The van der Waals surface area contributed by atoms with Crippen LogP contribution in [0.4, 0.5) is 0 Å². The molecule has 0 unspecified atom stereocenters. The van der Waals surface area contributed by atoms with Crippen LogP contribution in [0.2, 0.25) is 10.0 Å².